The van der Waals surface area contributed by atoms with E-state index in [-0.39, 0.29) is 11.9 Å². The minimum Gasteiger partial charge on any atom is -0.370 e. The largest absolute Gasteiger partial charge is 0.370 e. The highest BCUT2D eigenvalue weighted by atomic mass is 15.1. The van der Waals surface area contributed by atoms with Gasteiger partial charge in [0.1, 0.15) is 0 Å². The minimum absolute atomic E-state index is 0.0386. The van der Waals surface area contributed by atoms with Crippen LogP contribution in [0.1, 0.15) is 64.7 Å². The van der Waals surface area contributed by atoms with E-state index in [1.165, 1.54) is 51.4 Å². The van der Waals surface area contributed by atoms with Crippen molar-refractivity contribution in [3.63, 3.8) is 0 Å². The maximum absolute atomic E-state index is 5.49. The van der Waals surface area contributed by atoms with Gasteiger partial charge in [0.25, 0.3) is 0 Å². The number of hydrogen-bond donors (Lipinski definition) is 3. The second kappa shape index (κ2) is 12.2. The van der Waals surface area contributed by atoms with Gasteiger partial charge < -0.3 is 17.2 Å². The SMILES string of the molecule is CCCCCCCCCCCN=C(N)N=C(N)N. The number of hydrogen-bond acceptors (Lipinski definition) is 1. The van der Waals surface area contributed by atoms with Gasteiger partial charge in [-0.3, -0.25) is 4.99 Å². The third-order valence-electron chi connectivity index (χ3n) is 2.78. The van der Waals surface area contributed by atoms with Gasteiger partial charge in [0.2, 0.25) is 5.96 Å². The molecule has 0 radical (unpaired) electrons. The molecule has 0 saturated heterocycles. The zero-order valence-corrected chi connectivity index (χ0v) is 11.7. The van der Waals surface area contributed by atoms with E-state index in [9.17, 15) is 0 Å². The average Bonchev–Trinajstić information content (AvgIpc) is 2.30. The monoisotopic (exact) mass is 255 g/mol. The van der Waals surface area contributed by atoms with Crippen LogP contribution in [0.3, 0.4) is 0 Å². The van der Waals surface area contributed by atoms with Crippen LogP contribution < -0.4 is 17.2 Å². The lowest BCUT2D eigenvalue weighted by molar-refractivity contribution is 0.567. The van der Waals surface area contributed by atoms with Gasteiger partial charge in [0, 0.05) is 6.54 Å². The van der Waals surface area contributed by atoms with Crippen molar-refractivity contribution in [2.24, 2.45) is 27.2 Å². The van der Waals surface area contributed by atoms with Gasteiger partial charge in [-0.1, -0.05) is 58.3 Å². The van der Waals surface area contributed by atoms with Gasteiger partial charge >= 0.3 is 0 Å². The Morgan fingerprint density at radius 2 is 1.28 bits per heavy atom. The topological polar surface area (TPSA) is 103 Å². The molecule has 0 aromatic heterocycles. The molecule has 0 saturated carbocycles. The van der Waals surface area contributed by atoms with Gasteiger partial charge in [0.05, 0.1) is 0 Å². The highest BCUT2D eigenvalue weighted by Gasteiger charge is 1.92. The Morgan fingerprint density at radius 1 is 0.778 bits per heavy atom. The van der Waals surface area contributed by atoms with E-state index in [0.29, 0.717) is 6.54 Å². The van der Waals surface area contributed by atoms with Crippen molar-refractivity contribution in [1.82, 2.24) is 0 Å². The van der Waals surface area contributed by atoms with E-state index in [1.807, 2.05) is 0 Å². The number of rotatable bonds is 10. The summed E-state index contributed by atoms with van der Waals surface area (Å²) in [5.74, 6) is 0.137. The van der Waals surface area contributed by atoms with Crippen LogP contribution >= 0.6 is 0 Å². The summed E-state index contributed by atoms with van der Waals surface area (Å²) in [6.07, 6.45) is 11.7. The Bertz CT molecular complexity index is 244. The zero-order valence-electron chi connectivity index (χ0n) is 11.7. The zero-order chi connectivity index (χ0) is 13.6. The Morgan fingerprint density at radius 3 is 1.78 bits per heavy atom. The van der Waals surface area contributed by atoms with E-state index in [1.54, 1.807) is 0 Å². The highest BCUT2D eigenvalue weighted by molar-refractivity contribution is 5.92. The molecular weight excluding hydrogens is 226 g/mol. The smallest absolute Gasteiger partial charge is 0.218 e. The molecule has 0 spiro atoms. The second-order valence-corrected chi connectivity index (χ2v) is 4.61. The molecule has 0 atom stereocenters. The van der Waals surface area contributed by atoms with Crippen LogP contribution in [0.15, 0.2) is 9.98 Å². The summed E-state index contributed by atoms with van der Waals surface area (Å²) in [5.41, 5.74) is 15.8. The molecule has 0 aromatic carbocycles. The van der Waals surface area contributed by atoms with Crippen molar-refractivity contribution in [3.05, 3.63) is 0 Å². The van der Waals surface area contributed by atoms with E-state index in [2.05, 4.69) is 16.9 Å². The number of guanidine groups is 2. The maximum Gasteiger partial charge on any atom is 0.218 e. The van der Waals surface area contributed by atoms with Crippen LogP contribution in [0.4, 0.5) is 0 Å². The first-order valence-electron chi connectivity index (χ1n) is 7.06. The predicted octanol–water partition coefficient (Wildman–Crippen LogP) is 2.11. The Balaban J connectivity index is 3.28. The molecule has 0 unspecified atom stereocenters. The van der Waals surface area contributed by atoms with Crippen LogP contribution in [-0.2, 0) is 0 Å². The lowest BCUT2D eigenvalue weighted by Crippen LogP contribution is -2.26. The number of unbranched alkanes of at least 4 members (excludes halogenated alkanes) is 8. The van der Waals surface area contributed by atoms with Crippen molar-refractivity contribution < 1.29 is 0 Å². The van der Waals surface area contributed by atoms with Crippen molar-refractivity contribution in [2.75, 3.05) is 6.54 Å². The van der Waals surface area contributed by atoms with Crippen molar-refractivity contribution in [2.45, 2.75) is 64.7 Å². The summed E-state index contributed by atoms with van der Waals surface area (Å²) in [4.78, 5) is 7.72. The quantitative estimate of drug-likeness (QED) is 0.316. The van der Waals surface area contributed by atoms with E-state index in [4.69, 9.17) is 17.2 Å². The van der Waals surface area contributed by atoms with Gasteiger partial charge in [0.15, 0.2) is 5.96 Å². The van der Waals surface area contributed by atoms with Crippen LogP contribution in [-0.4, -0.2) is 18.5 Å². The lowest BCUT2D eigenvalue weighted by atomic mass is 10.1. The number of nitrogens with two attached hydrogens (primary N) is 3. The summed E-state index contributed by atoms with van der Waals surface area (Å²) < 4.78 is 0. The van der Waals surface area contributed by atoms with Crippen LogP contribution in [0.2, 0.25) is 0 Å². The highest BCUT2D eigenvalue weighted by Crippen LogP contribution is 2.09. The fraction of sp³-hybridized carbons (Fsp3) is 0.846. The summed E-state index contributed by atoms with van der Waals surface area (Å²) in [6, 6.07) is 0. The van der Waals surface area contributed by atoms with E-state index in [0.717, 1.165) is 6.42 Å². The average molecular weight is 255 g/mol. The molecule has 0 fully saturated rings. The van der Waals surface area contributed by atoms with Crippen LogP contribution in [0.25, 0.3) is 0 Å². The van der Waals surface area contributed by atoms with E-state index >= 15 is 0 Å². The first kappa shape index (κ1) is 16.7. The van der Waals surface area contributed by atoms with Gasteiger partial charge in [-0.2, -0.15) is 4.99 Å². The number of nitrogens with zero attached hydrogens (tertiary/aromatic N) is 2. The molecule has 0 amide bonds. The fourth-order valence-electron chi connectivity index (χ4n) is 1.78. The molecule has 5 nitrogen and oxygen atoms in total. The van der Waals surface area contributed by atoms with Crippen molar-refractivity contribution >= 4 is 11.9 Å². The molecule has 18 heavy (non-hydrogen) atoms. The predicted molar refractivity (Wildman–Crippen MR) is 79.5 cm³/mol. The van der Waals surface area contributed by atoms with Gasteiger partial charge in [-0.15, -0.1) is 0 Å². The second-order valence-electron chi connectivity index (χ2n) is 4.61. The summed E-state index contributed by atoms with van der Waals surface area (Å²) in [6.45, 7) is 2.95. The molecule has 0 heterocycles. The van der Waals surface area contributed by atoms with Gasteiger partial charge in [-0.05, 0) is 6.42 Å². The van der Waals surface area contributed by atoms with E-state index < -0.39 is 0 Å². The summed E-state index contributed by atoms with van der Waals surface area (Å²) in [5, 5.41) is 0. The molecule has 0 bridgehead atoms. The molecule has 0 aromatic rings. The molecular formula is C13H29N5. The minimum atomic E-state index is -0.0386. The Kier molecular flexibility index (Phi) is 11.3. The first-order valence-corrected chi connectivity index (χ1v) is 7.06. The maximum atomic E-state index is 5.49. The normalized spacial score (nSPS) is 11.5. The Hall–Kier alpha value is -1.26. The summed E-state index contributed by atoms with van der Waals surface area (Å²) >= 11 is 0. The first-order chi connectivity index (χ1) is 8.66. The third-order valence-corrected chi connectivity index (χ3v) is 2.78. The molecule has 0 rings (SSSR count). The molecule has 5 heteroatoms. The molecule has 0 aliphatic heterocycles. The molecule has 0 aliphatic carbocycles. The number of aliphatic imine (C=N–C) groups is 2. The van der Waals surface area contributed by atoms with Crippen LogP contribution in [0.5, 0.6) is 0 Å². The van der Waals surface area contributed by atoms with Crippen molar-refractivity contribution in [1.29, 1.82) is 0 Å². The Labute approximate surface area is 111 Å². The molecule has 0 aliphatic rings. The van der Waals surface area contributed by atoms with Gasteiger partial charge in [-0.25, -0.2) is 0 Å². The summed E-state index contributed by atoms with van der Waals surface area (Å²) in [7, 11) is 0. The standard InChI is InChI=1S/C13H29N5/c1-2-3-4-5-6-7-8-9-10-11-17-13(16)18-12(14)15/h2-11H2,1H3,(H6,14,15,16,17,18). The van der Waals surface area contributed by atoms with Crippen LogP contribution in [0, 0.1) is 0 Å². The lowest BCUT2D eigenvalue weighted by Gasteiger charge is -2.00. The molecule has 6 N–H and O–H groups in total. The fourth-order valence-corrected chi connectivity index (χ4v) is 1.78. The molecule has 106 valence electrons. The van der Waals surface area contributed by atoms with Crippen molar-refractivity contribution in [3.8, 4) is 0 Å². The third kappa shape index (κ3) is 12.8.